The lowest BCUT2D eigenvalue weighted by Gasteiger charge is -2.06. The molecule has 0 aliphatic rings. The van der Waals surface area contributed by atoms with Crippen molar-refractivity contribution in [2.24, 2.45) is 0 Å². The number of halogens is 5. The van der Waals surface area contributed by atoms with Gasteiger partial charge in [0.25, 0.3) is 0 Å². The molecule has 7 heteroatoms. The minimum atomic E-state index is -4.56. The minimum absolute atomic E-state index is 0.00389. The van der Waals surface area contributed by atoms with E-state index in [9.17, 15) is 22.0 Å². The highest BCUT2D eigenvalue weighted by molar-refractivity contribution is 5.65. The molecule has 0 saturated heterocycles. The molecule has 2 heterocycles. The number of benzene rings is 1. The van der Waals surface area contributed by atoms with Gasteiger partial charge in [-0.05, 0) is 24.3 Å². The first-order valence-corrected chi connectivity index (χ1v) is 5.86. The van der Waals surface area contributed by atoms with Gasteiger partial charge in [0.05, 0.1) is 11.3 Å². The van der Waals surface area contributed by atoms with E-state index in [0.29, 0.717) is 6.07 Å². The van der Waals surface area contributed by atoms with Crippen LogP contribution in [0.15, 0.2) is 42.7 Å². The molecule has 0 N–H and O–H groups in total. The van der Waals surface area contributed by atoms with Gasteiger partial charge in [0.2, 0.25) is 0 Å². The van der Waals surface area contributed by atoms with Crippen molar-refractivity contribution < 1.29 is 22.0 Å². The molecule has 108 valence electrons. The SMILES string of the molecule is Fc1ccc(-c2cn3cccc(C(F)(F)F)c3n2)c(F)c1. The van der Waals surface area contributed by atoms with Crippen LogP contribution in [0.1, 0.15) is 5.56 Å². The second-order valence-electron chi connectivity index (χ2n) is 4.40. The van der Waals surface area contributed by atoms with E-state index in [2.05, 4.69) is 4.98 Å². The first-order valence-electron chi connectivity index (χ1n) is 5.86. The summed E-state index contributed by atoms with van der Waals surface area (Å²) in [5, 5.41) is 0. The van der Waals surface area contributed by atoms with Gasteiger partial charge in [-0.3, -0.25) is 0 Å². The Morgan fingerprint density at radius 1 is 1.05 bits per heavy atom. The predicted molar refractivity (Wildman–Crippen MR) is 65.5 cm³/mol. The highest BCUT2D eigenvalue weighted by atomic mass is 19.4. The smallest absolute Gasteiger partial charge is 0.306 e. The molecular weight excluding hydrogens is 291 g/mol. The van der Waals surface area contributed by atoms with Crippen molar-refractivity contribution in [3.63, 3.8) is 0 Å². The van der Waals surface area contributed by atoms with Gasteiger partial charge in [-0.25, -0.2) is 13.8 Å². The lowest BCUT2D eigenvalue weighted by atomic mass is 10.1. The topological polar surface area (TPSA) is 17.3 Å². The first kappa shape index (κ1) is 13.5. The molecule has 0 spiro atoms. The Kier molecular flexibility index (Phi) is 2.93. The Labute approximate surface area is 115 Å². The number of fused-ring (bicyclic) bond motifs is 1. The summed E-state index contributed by atoms with van der Waals surface area (Å²) in [7, 11) is 0. The quantitative estimate of drug-likeness (QED) is 0.612. The maximum atomic E-state index is 13.7. The molecule has 0 saturated carbocycles. The second-order valence-corrected chi connectivity index (χ2v) is 4.40. The molecule has 0 radical (unpaired) electrons. The van der Waals surface area contributed by atoms with Crippen LogP contribution in [0.5, 0.6) is 0 Å². The third kappa shape index (κ3) is 2.35. The van der Waals surface area contributed by atoms with Gasteiger partial charge < -0.3 is 4.40 Å². The summed E-state index contributed by atoms with van der Waals surface area (Å²) >= 11 is 0. The molecule has 0 aliphatic heterocycles. The minimum Gasteiger partial charge on any atom is -0.306 e. The molecule has 2 aromatic heterocycles. The maximum absolute atomic E-state index is 13.7. The fourth-order valence-electron chi connectivity index (χ4n) is 2.06. The summed E-state index contributed by atoms with van der Waals surface area (Å²) in [4.78, 5) is 3.82. The van der Waals surface area contributed by atoms with Crippen molar-refractivity contribution in [3.05, 3.63) is 59.9 Å². The molecule has 0 atom stereocenters. The van der Waals surface area contributed by atoms with E-state index in [1.807, 2.05) is 0 Å². The monoisotopic (exact) mass is 298 g/mol. The molecule has 0 aliphatic carbocycles. The fraction of sp³-hybridized carbons (Fsp3) is 0.0714. The average molecular weight is 298 g/mol. The lowest BCUT2D eigenvalue weighted by molar-refractivity contribution is -0.136. The normalized spacial score (nSPS) is 12.0. The molecule has 0 fully saturated rings. The van der Waals surface area contributed by atoms with Crippen LogP contribution in [0, 0.1) is 11.6 Å². The number of nitrogens with zero attached hydrogens (tertiary/aromatic N) is 2. The molecule has 0 amide bonds. The number of pyridine rings is 1. The Hall–Kier alpha value is -2.44. The zero-order chi connectivity index (χ0) is 15.2. The maximum Gasteiger partial charge on any atom is 0.419 e. The zero-order valence-electron chi connectivity index (χ0n) is 10.3. The molecule has 0 unspecified atom stereocenters. The van der Waals surface area contributed by atoms with Crippen LogP contribution in [0.2, 0.25) is 0 Å². The fourth-order valence-corrected chi connectivity index (χ4v) is 2.06. The van der Waals surface area contributed by atoms with E-state index in [1.165, 1.54) is 18.5 Å². The number of hydrogen-bond acceptors (Lipinski definition) is 1. The van der Waals surface area contributed by atoms with Crippen LogP contribution < -0.4 is 0 Å². The lowest BCUT2D eigenvalue weighted by Crippen LogP contribution is -2.07. The van der Waals surface area contributed by atoms with Crippen LogP contribution in [0.4, 0.5) is 22.0 Å². The van der Waals surface area contributed by atoms with Crippen molar-refractivity contribution in [2.45, 2.75) is 6.18 Å². The molecule has 3 aromatic rings. The van der Waals surface area contributed by atoms with Gasteiger partial charge in [-0.1, -0.05) is 0 Å². The van der Waals surface area contributed by atoms with E-state index >= 15 is 0 Å². The van der Waals surface area contributed by atoms with Crippen molar-refractivity contribution in [2.75, 3.05) is 0 Å². The predicted octanol–water partition coefficient (Wildman–Crippen LogP) is 4.30. The van der Waals surface area contributed by atoms with Gasteiger partial charge in [-0.15, -0.1) is 0 Å². The van der Waals surface area contributed by atoms with E-state index in [4.69, 9.17) is 0 Å². The number of aromatic nitrogens is 2. The van der Waals surface area contributed by atoms with Gasteiger partial charge in [0, 0.05) is 24.0 Å². The van der Waals surface area contributed by atoms with E-state index in [0.717, 1.165) is 22.6 Å². The van der Waals surface area contributed by atoms with Gasteiger partial charge in [-0.2, -0.15) is 13.2 Å². The molecular formula is C14H7F5N2. The Balaban J connectivity index is 2.22. The second kappa shape index (κ2) is 4.54. The summed E-state index contributed by atoms with van der Waals surface area (Å²) in [5.41, 5.74) is -1.31. The molecule has 1 aromatic carbocycles. The summed E-state index contributed by atoms with van der Waals surface area (Å²) in [6.45, 7) is 0. The van der Waals surface area contributed by atoms with Gasteiger partial charge >= 0.3 is 6.18 Å². The summed E-state index contributed by atoms with van der Waals surface area (Å²) < 4.78 is 66.4. The average Bonchev–Trinajstić information content (AvgIpc) is 2.80. The Bertz CT molecular complexity index is 820. The highest BCUT2D eigenvalue weighted by Crippen LogP contribution is 2.33. The number of alkyl halides is 3. The Morgan fingerprint density at radius 2 is 1.81 bits per heavy atom. The largest absolute Gasteiger partial charge is 0.419 e. The van der Waals surface area contributed by atoms with Crippen LogP contribution in [-0.2, 0) is 6.18 Å². The highest BCUT2D eigenvalue weighted by Gasteiger charge is 2.34. The summed E-state index contributed by atoms with van der Waals surface area (Å²) in [5.74, 6) is -1.65. The zero-order valence-corrected chi connectivity index (χ0v) is 10.3. The van der Waals surface area contributed by atoms with Gasteiger partial charge in [0.1, 0.15) is 17.3 Å². The van der Waals surface area contributed by atoms with Crippen molar-refractivity contribution in [3.8, 4) is 11.3 Å². The third-order valence-corrected chi connectivity index (χ3v) is 3.00. The molecule has 3 rings (SSSR count). The van der Waals surface area contributed by atoms with Crippen molar-refractivity contribution >= 4 is 5.65 Å². The van der Waals surface area contributed by atoms with Crippen LogP contribution >= 0.6 is 0 Å². The number of rotatable bonds is 1. The molecule has 2 nitrogen and oxygen atoms in total. The van der Waals surface area contributed by atoms with Crippen LogP contribution in [-0.4, -0.2) is 9.38 Å². The standard InChI is InChI=1S/C14H7F5N2/c15-8-3-4-9(11(16)6-8)12-7-21-5-1-2-10(13(21)20-12)14(17,18)19/h1-7H. The van der Waals surface area contributed by atoms with E-state index in [-0.39, 0.29) is 16.9 Å². The molecule has 21 heavy (non-hydrogen) atoms. The third-order valence-electron chi connectivity index (χ3n) is 3.00. The Morgan fingerprint density at radius 3 is 2.48 bits per heavy atom. The van der Waals surface area contributed by atoms with E-state index in [1.54, 1.807) is 0 Å². The molecule has 0 bridgehead atoms. The number of imidazole rings is 1. The summed E-state index contributed by atoms with van der Waals surface area (Å²) in [6, 6.07) is 4.94. The van der Waals surface area contributed by atoms with Gasteiger partial charge in [0.15, 0.2) is 0 Å². The van der Waals surface area contributed by atoms with E-state index < -0.39 is 23.4 Å². The van der Waals surface area contributed by atoms with Crippen molar-refractivity contribution in [1.29, 1.82) is 0 Å². The van der Waals surface area contributed by atoms with Crippen LogP contribution in [0.25, 0.3) is 16.9 Å². The number of hydrogen-bond donors (Lipinski definition) is 0. The first-order chi connectivity index (χ1) is 9.86. The van der Waals surface area contributed by atoms with Crippen molar-refractivity contribution in [1.82, 2.24) is 9.38 Å². The van der Waals surface area contributed by atoms with Crippen LogP contribution in [0.3, 0.4) is 0 Å². The summed E-state index contributed by atoms with van der Waals surface area (Å²) in [6.07, 6.45) is -1.92.